The van der Waals surface area contributed by atoms with E-state index in [1.54, 1.807) is 12.1 Å². The fourth-order valence-corrected chi connectivity index (χ4v) is 5.11. The third kappa shape index (κ3) is 3.84. The Kier molecular flexibility index (Phi) is 5.22. The number of hydrazone groups is 1. The fraction of sp³-hybridized carbons (Fsp3) is 0.360. The van der Waals surface area contributed by atoms with Crippen LogP contribution in [0, 0.1) is 5.82 Å². The summed E-state index contributed by atoms with van der Waals surface area (Å²) >= 11 is 0. The second-order valence-corrected chi connectivity index (χ2v) is 8.83. The quantitative estimate of drug-likeness (QED) is 0.758. The van der Waals surface area contributed by atoms with E-state index in [1.807, 2.05) is 23.3 Å². The number of hydrogen-bond acceptors (Lipinski definition) is 7. The Bertz CT molecular complexity index is 1120. The van der Waals surface area contributed by atoms with Crippen molar-refractivity contribution in [2.45, 2.75) is 25.0 Å². The summed E-state index contributed by atoms with van der Waals surface area (Å²) in [6.45, 7) is 4.78. The molecule has 4 aliphatic rings. The Labute approximate surface area is 193 Å². The van der Waals surface area contributed by atoms with Gasteiger partial charge in [0, 0.05) is 38.9 Å². The highest BCUT2D eigenvalue weighted by Gasteiger charge is 2.33. The van der Waals surface area contributed by atoms with E-state index in [-0.39, 0.29) is 18.0 Å². The topological polar surface area (TPSA) is 59.0 Å². The number of fused-ring (bicyclic) bond motifs is 1. The SMILES string of the molecule is Fc1cccc([C@H]2CCCN2C2=NN3C(c4cccc(N5CCNCC5)n4)=CNC3C=C2)c1. The van der Waals surface area contributed by atoms with Gasteiger partial charge in [0.1, 0.15) is 29.3 Å². The molecule has 0 spiro atoms. The molecule has 0 aliphatic carbocycles. The van der Waals surface area contributed by atoms with Gasteiger partial charge in [-0.25, -0.2) is 14.4 Å². The first-order chi connectivity index (χ1) is 16.3. The van der Waals surface area contributed by atoms with Crippen LogP contribution >= 0.6 is 0 Å². The third-order valence-electron chi connectivity index (χ3n) is 6.76. The van der Waals surface area contributed by atoms with Gasteiger partial charge in [-0.3, -0.25) is 0 Å². The summed E-state index contributed by atoms with van der Waals surface area (Å²) in [5.74, 6) is 1.72. The van der Waals surface area contributed by atoms with Crippen molar-refractivity contribution in [3.63, 3.8) is 0 Å². The lowest BCUT2D eigenvalue weighted by Crippen LogP contribution is -2.44. The number of pyridine rings is 1. The summed E-state index contributed by atoms with van der Waals surface area (Å²) in [5.41, 5.74) is 2.87. The van der Waals surface area contributed by atoms with Crippen LogP contribution in [0.4, 0.5) is 10.2 Å². The van der Waals surface area contributed by atoms with Gasteiger partial charge in [-0.05, 0) is 54.8 Å². The maximum Gasteiger partial charge on any atom is 0.149 e. The monoisotopic (exact) mass is 445 g/mol. The molecule has 170 valence electrons. The van der Waals surface area contributed by atoms with Gasteiger partial charge in [-0.15, -0.1) is 0 Å². The van der Waals surface area contributed by atoms with Crippen molar-refractivity contribution in [3.8, 4) is 0 Å². The van der Waals surface area contributed by atoms with E-state index in [0.29, 0.717) is 0 Å². The van der Waals surface area contributed by atoms with Gasteiger partial charge < -0.3 is 20.4 Å². The third-order valence-corrected chi connectivity index (χ3v) is 6.76. The van der Waals surface area contributed by atoms with Gasteiger partial charge in [0.05, 0.1) is 11.7 Å². The molecule has 2 atom stereocenters. The molecular weight excluding hydrogens is 417 g/mol. The van der Waals surface area contributed by atoms with Crippen LogP contribution in [-0.4, -0.2) is 59.6 Å². The number of amidine groups is 1. The standard InChI is InChI=1S/C25H28FN7/c26-19-5-1-4-18(16-19)21-7-3-13-32(21)25-10-9-23-28-17-22(33(23)30-25)20-6-2-8-24(29-20)31-14-11-27-12-15-31/h1-2,4-6,8-10,16-17,21,23,27-28H,3,7,11-15H2/t21-,23?/m1/s1. The van der Waals surface area contributed by atoms with Crippen molar-refractivity contribution in [2.24, 2.45) is 5.10 Å². The Hall–Kier alpha value is -3.39. The molecule has 0 amide bonds. The first kappa shape index (κ1) is 20.2. The summed E-state index contributed by atoms with van der Waals surface area (Å²) in [4.78, 5) is 9.58. The maximum atomic E-state index is 13.9. The summed E-state index contributed by atoms with van der Waals surface area (Å²) in [6.07, 6.45) is 8.24. The number of nitrogens with zero attached hydrogens (tertiary/aromatic N) is 5. The Morgan fingerprint density at radius 1 is 1.03 bits per heavy atom. The molecule has 1 aromatic carbocycles. The molecule has 2 saturated heterocycles. The van der Waals surface area contributed by atoms with E-state index in [2.05, 4.69) is 44.7 Å². The van der Waals surface area contributed by atoms with Crippen molar-refractivity contribution in [1.82, 2.24) is 25.5 Å². The average Bonchev–Trinajstić information content (AvgIpc) is 3.52. The molecule has 0 radical (unpaired) electrons. The van der Waals surface area contributed by atoms with E-state index in [0.717, 1.165) is 74.2 Å². The predicted octanol–water partition coefficient (Wildman–Crippen LogP) is 2.88. The van der Waals surface area contributed by atoms with Crippen LogP contribution in [0.25, 0.3) is 5.70 Å². The highest BCUT2D eigenvalue weighted by atomic mass is 19.1. The molecule has 6 rings (SSSR count). The van der Waals surface area contributed by atoms with Crippen LogP contribution in [0.5, 0.6) is 0 Å². The van der Waals surface area contributed by atoms with E-state index < -0.39 is 0 Å². The summed E-state index contributed by atoms with van der Waals surface area (Å²) in [7, 11) is 0. The van der Waals surface area contributed by atoms with Crippen LogP contribution in [0.2, 0.25) is 0 Å². The van der Waals surface area contributed by atoms with Gasteiger partial charge in [0.25, 0.3) is 0 Å². The summed E-state index contributed by atoms with van der Waals surface area (Å²) in [5, 5.41) is 13.8. The number of likely N-dealkylation sites (tertiary alicyclic amines) is 1. The van der Waals surface area contributed by atoms with Crippen LogP contribution in [0.1, 0.15) is 30.1 Å². The van der Waals surface area contributed by atoms with E-state index >= 15 is 0 Å². The second kappa shape index (κ2) is 8.51. The number of benzene rings is 1. The van der Waals surface area contributed by atoms with Gasteiger partial charge in [0.15, 0.2) is 0 Å². The fourth-order valence-electron chi connectivity index (χ4n) is 5.11. The zero-order valence-electron chi connectivity index (χ0n) is 18.5. The number of nitrogens with one attached hydrogen (secondary N) is 2. The largest absolute Gasteiger partial charge is 0.365 e. The molecule has 5 heterocycles. The molecule has 2 N–H and O–H groups in total. The second-order valence-electron chi connectivity index (χ2n) is 8.83. The van der Waals surface area contributed by atoms with E-state index in [1.165, 1.54) is 6.07 Å². The molecule has 4 aliphatic heterocycles. The van der Waals surface area contributed by atoms with Gasteiger partial charge in [-0.1, -0.05) is 18.2 Å². The number of aromatic nitrogens is 1. The lowest BCUT2D eigenvalue weighted by molar-refractivity contribution is 0.327. The average molecular weight is 446 g/mol. The molecule has 1 aromatic heterocycles. The molecule has 2 aromatic rings. The van der Waals surface area contributed by atoms with Crippen molar-refractivity contribution >= 4 is 17.4 Å². The first-order valence-corrected chi connectivity index (χ1v) is 11.7. The lowest BCUT2D eigenvalue weighted by atomic mass is 10.0. The molecule has 7 nitrogen and oxygen atoms in total. The number of anilines is 1. The Balaban J connectivity index is 1.27. The first-order valence-electron chi connectivity index (χ1n) is 11.7. The van der Waals surface area contributed by atoms with Crippen molar-refractivity contribution in [1.29, 1.82) is 0 Å². The van der Waals surface area contributed by atoms with E-state index in [4.69, 9.17) is 10.1 Å². The minimum Gasteiger partial charge on any atom is -0.365 e. The van der Waals surface area contributed by atoms with Crippen molar-refractivity contribution in [2.75, 3.05) is 37.6 Å². The maximum absolute atomic E-state index is 13.9. The van der Waals surface area contributed by atoms with Crippen LogP contribution in [0.3, 0.4) is 0 Å². The van der Waals surface area contributed by atoms with Crippen LogP contribution in [-0.2, 0) is 0 Å². The van der Waals surface area contributed by atoms with Gasteiger partial charge in [-0.2, -0.15) is 5.10 Å². The minimum absolute atomic E-state index is 0.0244. The zero-order chi connectivity index (χ0) is 22.2. The van der Waals surface area contributed by atoms with Crippen LogP contribution < -0.4 is 15.5 Å². The van der Waals surface area contributed by atoms with Crippen LogP contribution in [0.15, 0.2) is 65.9 Å². The molecule has 33 heavy (non-hydrogen) atoms. The number of hydrogen-bond donors (Lipinski definition) is 2. The van der Waals surface area contributed by atoms with Gasteiger partial charge in [0.2, 0.25) is 0 Å². The highest BCUT2D eigenvalue weighted by Crippen LogP contribution is 2.35. The molecule has 1 unspecified atom stereocenters. The molecule has 0 bridgehead atoms. The Morgan fingerprint density at radius 2 is 1.91 bits per heavy atom. The van der Waals surface area contributed by atoms with Gasteiger partial charge >= 0.3 is 0 Å². The highest BCUT2D eigenvalue weighted by molar-refractivity contribution is 5.94. The smallest absolute Gasteiger partial charge is 0.149 e. The molecule has 2 fully saturated rings. The van der Waals surface area contributed by atoms with Crippen molar-refractivity contribution in [3.05, 3.63) is 77.9 Å². The molecule has 0 saturated carbocycles. The normalized spacial score (nSPS) is 24.5. The van der Waals surface area contributed by atoms with Crippen molar-refractivity contribution < 1.29 is 4.39 Å². The zero-order valence-corrected chi connectivity index (χ0v) is 18.5. The number of rotatable bonds is 3. The Morgan fingerprint density at radius 3 is 2.79 bits per heavy atom. The molecule has 8 heteroatoms. The lowest BCUT2D eigenvalue weighted by Gasteiger charge is -2.32. The number of halogens is 1. The predicted molar refractivity (Wildman–Crippen MR) is 128 cm³/mol. The van der Waals surface area contributed by atoms with E-state index in [9.17, 15) is 4.39 Å². The molecular formula is C25H28FN7. The number of piperazine rings is 1. The minimum atomic E-state index is -0.190. The summed E-state index contributed by atoms with van der Waals surface area (Å²) < 4.78 is 13.9. The summed E-state index contributed by atoms with van der Waals surface area (Å²) in [6, 6.07) is 13.3.